The van der Waals surface area contributed by atoms with Gasteiger partial charge in [0, 0.05) is 24.3 Å². The van der Waals surface area contributed by atoms with Gasteiger partial charge in [-0.2, -0.15) is 0 Å². The van der Waals surface area contributed by atoms with Crippen molar-refractivity contribution in [3.05, 3.63) is 29.8 Å². The minimum atomic E-state index is -0.407. The highest BCUT2D eigenvalue weighted by atomic mass is 35.5. The monoisotopic (exact) mass is 396 g/mol. The van der Waals surface area contributed by atoms with Gasteiger partial charge in [-0.05, 0) is 50.5 Å². The van der Waals surface area contributed by atoms with Crippen LogP contribution in [0.3, 0.4) is 0 Å². The van der Waals surface area contributed by atoms with Crippen molar-refractivity contribution < 1.29 is 23.9 Å². The number of carbonyl (C=O) groups is 3. The van der Waals surface area contributed by atoms with Gasteiger partial charge < -0.3 is 9.47 Å². The minimum Gasteiger partial charge on any atom is -0.466 e. The molecule has 1 rings (SSSR count). The molecule has 0 bridgehead atoms. The van der Waals surface area contributed by atoms with Gasteiger partial charge in [0.1, 0.15) is 5.75 Å². The van der Waals surface area contributed by atoms with E-state index in [2.05, 4.69) is 0 Å². The van der Waals surface area contributed by atoms with Gasteiger partial charge in [0.25, 0.3) is 0 Å². The van der Waals surface area contributed by atoms with Gasteiger partial charge in [0.15, 0.2) is 5.78 Å². The van der Waals surface area contributed by atoms with Crippen LogP contribution in [0.25, 0.3) is 0 Å². The molecule has 0 N–H and O–H groups in total. The molecule has 0 aliphatic heterocycles. The van der Waals surface area contributed by atoms with Crippen molar-refractivity contribution in [2.24, 2.45) is 0 Å². The molecule has 150 valence electrons. The van der Waals surface area contributed by atoms with Crippen LogP contribution in [0.4, 0.5) is 0 Å². The van der Waals surface area contributed by atoms with E-state index < -0.39 is 5.97 Å². The second kappa shape index (κ2) is 14.2. The Morgan fingerprint density at radius 1 is 0.815 bits per heavy atom. The van der Waals surface area contributed by atoms with E-state index in [1.165, 1.54) is 13.3 Å². The number of rotatable bonds is 14. The highest BCUT2D eigenvalue weighted by Crippen LogP contribution is 2.14. The standard InChI is InChI=1S/C21H29ClO5/c1-17(23)18-11-13-19(14-12-18)27-21(25)10-8-9-20(24)26-16-7-5-3-2-4-6-15-22/h11-14H,2-10,15-16H2,1H3. The largest absolute Gasteiger partial charge is 0.466 e. The van der Waals surface area contributed by atoms with Crippen LogP contribution >= 0.6 is 11.6 Å². The highest BCUT2D eigenvalue weighted by Gasteiger charge is 2.09. The van der Waals surface area contributed by atoms with Crippen molar-refractivity contribution in [2.45, 2.75) is 64.7 Å². The van der Waals surface area contributed by atoms with Crippen LogP contribution < -0.4 is 4.74 Å². The number of benzene rings is 1. The third kappa shape index (κ3) is 11.4. The molecule has 1 aromatic rings. The molecule has 27 heavy (non-hydrogen) atoms. The number of alkyl halides is 1. The SMILES string of the molecule is CC(=O)c1ccc(OC(=O)CCCC(=O)OCCCCCCCCCl)cc1. The fourth-order valence-corrected chi connectivity index (χ4v) is 2.67. The van der Waals surface area contributed by atoms with Crippen molar-refractivity contribution in [1.82, 2.24) is 0 Å². The van der Waals surface area contributed by atoms with E-state index >= 15 is 0 Å². The fourth-order valence-electron chi connectivity index (χ4n) is 2.48. The Labute approximate surface area is 166 Å². The smallest absolute Gasteiger partial charge is 0.311 e. The van der Waals surface area contributed by atoms with Crippen molar-refractivity contribution >= 4 is 29.3 Å². The summed E-state index contributed by atoms with van der Waals surface area (Å²) in [5.41, 5.74) is 0.563. The molecule has 0 saturated heterocycles. The van der Waals surface area contributed by atoms with Crippen molar-refractivity contribution in [2.75, 3.05) is 12.5 Å². The van der Waals surface area contributed by atoms with Gasteiger partial charge in [-0.1, -0.05) is 25.7 Å². The second-order valence-corrected chi connectivity index (χ2v) is 6.82. The number of carbonyl (C=O) groups excluding carboxylic acids is 3. The van der Waals surface area contributed by atoms with Gasteiger partial charge in [-0.3, -0.25) is 14.4 Å². The molecule has 0 atom stereocenters. The highest BCUT2D eigenvalue weighted by molar-refractivity contribution is 6.17. The molecule has 1 aromatic carbocycles. The summed E-state index contributed by atoms with van der Waals surface area (Å²) >= 11 is 5.62. The van der Waals surface area contributed by atoms with E-state index in [-0.39, 0.29) is 24.6 Å². The average molecular weight is 397 g/mol. The van der Waals surface area contributed by atoms with E-state index in [1.54, 1.807) is 24.3 Å². The second-order valence-electron chi connectivity index (χ2n) is 6.44. The molecule has 0 spiro atoms. The van der Waals surface area contributed by atoms with Gasteiger partial charge >= 0.3 is 11.9 Å². The zero-order valence-electron chi connectivity index (χ0n) is 16.0. The van der Waals surface area contributed by atoms with Crippen LogP contribution in [0.15, 0.2) is 24.3 Å². The minimum absolute atomic E-state index is 0.0438. The van der Waals surface area contributed by atoms with Crippen molar-refractivity contribution in [3.8, 4) is 5.75 Å². The Hall–Kier alpha value is -1.88. The summed E-state index contributed by atoms with van der Waals surface area (Å²) in [7, 11) is 0. The van der Waals surface area contributed by atoms with Crippen LogP contribution in [0, 0.1) is 0 Å². The summed E-state index contributed by atoms with van der Waals surface area (Å²) in [6.07, 6.45) is 7.16. The van der Waals surface area contributed by atoms with E-state index in [1.807, 2.05) is 0 Å². The lowest BCUT2D eigenvalue weighted by Crippen LogP contribution is -2.10. The van der Waals surface area contributed by atoms with Crippen LogP contribution in [-0.2, 0) is 14.3 Å². The molecule has 0 amide bonds. The number of hydrogen-bond acceptors (Lipinski definition) is 5. The van der Waals surface area contributed by atoms with Crippen molar-refractivity contribution in [1.29, 1.82) is 0 Å². The quantitative estimate of drug-likeness (QED) is 0.144. The number of ether oxygens (including phenoxy) is 2. The predicted octanol–water partition coefficient (Wildman–Crippen LogP) is 5.09. The Morgan fingerprint density at radius 2 is 1.41 bits per heavy atom. The number of unbranched alkanes of at least 4 members (excludes halogenated alkanes) is 5. The van der Waals surface area contributed by atoms with Gasteiger partial charge in [-0.15, -0.1) is 11.6 Å². The van der Waals surface area contributed by atoms with Gasteiger partial charge in [0.2, 0.25) is 0 Å². The van der Waals surface area contributed by atoms with E-state index in [9.17, 15) is 14.4 Å². The first-order chi connectivity index (χ1) is 13.0. The Morgan fingerprint density at radius 3 is 2.04 bits per heavy atom. The summed E-state index contributed by atoms with van der Waals surface area (Å²) in [4.78, 5) is 34.6. The number of ketones is 1. The molecule has 0 radical (unpaired) electrons. The van der Waals surface area contributed by atoms with E-state index in [0.29, 0.717) is 24.3 Å². The maximum atomic E-state index is 11.8. The van der Waals surface area contributed by atoms with Gasteiger partial charge in [0.05, 0.1) is 6.61 Å². The zero-order valence-corrected chi connectivity index (χ0v) is 16.8. The molecule has 0 unspecified atom stereocenters. The number of esters is 2. The lowest BCUT2D eigenvalue weighted by molar-refractivity contribution is -0.144. The first-order valence-corrected chi connectivity index (χ1v) is 10.1. The normalized spacial score (nSPS) is 10.4. The molecule has 5 nitrogen and oxygen atoms in total. The topological polar surface area (TPSA) is 69.7 Å². The maximum Gasteiger partial charge on any atom is 0.311 e. The molecule has 0 saturated carbocycles. The predicted molar refractivity (Wildman–Crippen MR) is 105 cm³/mol. The average Bonchev–Trinajstić information content (AvgIpc) is 2.64. The molecular weight excluding hydrogens is 368 g/mol. The molecule has 6 heteroatoms. The van der Waals surface area contributed by atoms with Crippen LogP contribution in [0.1, 0.15) is 75.1 Å². The summed E-state index contributed by atoms with van der Waals surface area (Å²) in [5.74, 6) is 0.375. The summed E-state index contributed by atoms with van der Waals surface area (Å²) < 4.78 is 10.3. The summed E-state index contributed by atoms with van der Waals surface area (Å²) in [5, 5.41) is 0. The van der Waals surface area contributed by atoms with Gasteiger partial charge in [-0.25, -0.2) is 0 Å². The Bertz CT molecular complexity index is 583. The first-order valence-electron chi connectivity index (χ1n) is 9.56. The van der Waals surface area contributed by atoms with Crippen molar-refractivity contribution in [3.63, 3.8) is 0 Å². The zero-order chi connectivity index (χ0) is 19.9. The molecule has 0 fully saturated rings. The van der Waals surface area contributed by atoms with Crippen LogP contribution in [0.2, 0.25) is 0 Å². The van der Waals surface area contributed by atoms with Crippen LogP contribution in [-0.4, -0.2) is 30.2 Å². The lowest BCUT2D eigenvalue weighted by Gasteiger charge is -2.06. The number of halogens is 1. The van der Waals surface area contributed by atoms with E-state index in [0.717, 1.165) is 38.0 Å². The molecule has 0 aliphatic carbocycles. The first kappa shape index (κ1) is 23.2. The number of Topliss-reactive ketones (excluding diaryl/α,β-unsaturated/α-hetero) is 1. The Balaban J connectivity index is 2.06. The lowest BCUT2D eigenvalue weighted by atomic mass is 10.1. The molecule has 0 aliphatic rings. The third-order valence-corrected chi connectivity index (χ3v) is 4.31. The molecular formula is C21H29ClO5. The molecule has 0 heterocycles. The molecule has 0 aromatic heterocycles. The number of hydrogen-bond donors (Lipinski definition) is 0. The summed E-state index contributed by atoms with van der Waals surface area (Å²) in [6.45, 7) is 1.91. The third-order valence-electron chi connectivity index (χ3n) is 4.05. The van der Waals surface area contributed by atoms with Crippen LogP contribution in [0.5, 0.6) is 5.75 Å². The fraction of sp³-hybridized carbons (Fsp3) is 0.571. The summed E-state index contributed by atoms with van der Waals surface area (Å²) in [6, 6.07) is 6.39. The van der Waals surface area contributed by atoms with E-state index in [4.69, 9.17) is 21.1 Å². The Kier molecular flexibility index (Phi) is 12.2. The maximum absolute atomic E-state index is 11.8.